The van der Waals surface area contributed by atoms with Crippen molar-refractivity contribution >= 4 is 24.5 Å². The minimum Gasteiger partial charge on any atom is -0.376 e. The van der Waals surface area contributed by atoms with Gasteiger partial charge in [-0.2, -0.15) is 11.1 Å². The number of hydrogen-bond donors (Lipinski definition) is 0. The van der Waals surface area contributed by atoms with Gasteiger partial charge in [-0.15, -0.1) is 0 Å². The van der Waals surface area contributed by atoms with Crippen LogP contribution in [0.3, 0.4) is 0 Å². The lowest BCUT2D eigenvalue weighted by Gasteiger charge is -2.32. The van der Waals surface area contributed by atoms with Crippen LogP contribution in [0.2, 0.25) is 12.6 Å². The van der Waals surface area contributed by atoms with Crippen LogP contribution in [-0.2, 0) is 10.2 Å². The highest BCUT2D eigenvalue weighted by atomic mass is 35.6. The Bertz CT molecular complexity index is 1030. The van der Waals surface area contributed by atoms with Crippen LogP contribution >= 0.6 is 11.1 Å². The molecule has 1 aliphatic carbocycles. The molecule has 0 saturated heterocycles. The first-order chi connectivity index (χ1) is 16.7. The van der Waals surface area contributed by atoms with Gasteiger partial charge in [0.1, 0.15) is 0 Å². The molecule has 0 fully saturated rings. The van der Waals surface area contributed by atoms with Gasteiger partial charge >= 0.3 is 0 Å². The molecule has 0 N–H and O–H groups in total. The fourth-order valence-electron chi connectivity index (χ4n) is 5.45. The Hall–Kier alpha value is -1.35. The molecule has 3 rings (SSSR count). The van der Waals surface area contributed by atoms with E-state index in [1.807, 2.05) is 0 Å². The van der Waals surface area contributed by atoms with Gasteiger partial charge in [-0.05, 0) is 72.4 Å². The Morgan fingerprint density at radius 2 is 1.53 bits per heavy atom. The largest absolute Gasteiger partial charge is 0.376 e. The summed E-state index contributed by atoms with van der Waals surface area (Å²) in [5, 5.41) is 0. The molecule has 36 heavy (non-hydrogen) atoms. The summed E-state index contributed by atoms with van der Waals surface area (Å²) >= 11 is 7.55. The van der Waals surface area contributed by atoms with Crippen molar-refractivity contribution in [2.24, 2.45) is 5.92 Å². The Morgan fingerprint density at radius 1 is 0.889 bits per heavy atom. The Kier molecular flexibility index (Phi) is 9.40. The van der Waals surface area contributed by atoms with Crippen molar-refractivity contribution < 1.29 is 4.74 Å². The van der Waals surface area contributed by atoms with Crippen LogP contribution in [0.4, 0.5) is 0 Å². The third-order valence-electron chi connectivity index (χ3n) is 7.52. The zero-order valence-electron chi connectivity index (χ0n) is 24.3. The molecular formula is C33H49ClOSi. The van der Waals surface area contributed by atoms with E-state index in [-0.39, 0.29) is 11.0 Å². The molecule has 0 aliphatic heterocycles. The smallest absolute Gasteiger partial charge is 0.164 e. The number of benzene rings is 2. The van der Waals surface area contributed by atoms with Crippen LogP contribution in [-0.4, -0.2) is 19.6 Å². The fourth-order valence-corrected chi connectivity index (χ4v) is 9.82. The summed E-state index contributed by atoms with van der Waals surface area (Å²) in [4.78, 5) is 0. The van der Waals surface area contributed by atoms with Gasteiger partial charge in [-0.3, -0.25) is 0 Å². The van der Waals surface area contributed by atoms with E-state index in [9.17, 15) is 0 Å². The zero-order chi connectivity index (χ0) is 26.7. The molecule has 2 atom stereocenters. The van der Waals surface area contributed by atoms with Crippen molar-refractivity contribution in [1.29, 1.82) is 0 Å². The molecule has 1 aliphatic rings. The molecule has 0 bridgehead atoms. The topological polar surface area (TPSA) is 9.23 Å². The summed E-state index contributed by atoms with van der Waals surface area (Å²) < 4.78 is 5.88. The van der Waals surface area contributed by atoms with E-state index < -0.39 is 7.38 Å². The molecule has 0 amide bonds. The zero-order valence-corrected chi connectivity index (χ0v) is 26.1. The Labute approximate surface area is 227 Å². The van der Waals surface area contributed by atoms with Crippen LogP contribution in [0.1, 0.15) is 103 Å². The van der Waals surface area contributed by atoms with Gasteiger partial charge in [-0.25, -0.2) is 0 Å². The van der Waals surface area contributed by atoms with Crippen molar-refractivity contribution in [1.82, 2.24) is 0 Å². The molecule has 1 nitrogen and oxygen atoms in total. The predicted molar refractivity (Wildman–Crippen MR) is 163 cm³/mol. The van der Waals surface area contributed by atoms with Gasteiger partial charge in [0.25, 0.3) is 0 Å². The molecule has 2 unspecified atom stereocenters. The Morgan fingerprint density at radius 3 is 2.11 bits per heavy atom. The van der Waals surface area contributed by atoms with Crippen molar-refractivity contribution in [3.63, 3.8) is 0 Å². The lowest BCUT2D eigenvalue weighted by molar-refractivity contribution is -0.00471. The lowest BCUT2D eigenvalue weighted by atomic mass is 9.86. The summed E-state index contributed by atoms with van der Waals surface area (Å²) in [6, 6.07) is 17.2. The van der Waals surface area contributed by atoms with E-state index in [0.717, 1.165) is 19.1 Å². The third-order valence-corrected chi connectivity index (χ3v) is 11.9. The second kappa shape index (κ2) is 11.6. The lowest BCUT2D eigenvalue weighted by Crippen LogP contribution is -2.33. The van der Waals surface area contributed by atoms with E-state index in [0.29, 0.717) is 11.5 Å². The number of hydrogen-bond acceptors (Lipinski definition) is 1. The van der Waals surface area contributed by atoms with Crippen molar-refractivity contribution in [2.75, 3.05) is 6.61 Å². The first-order valence-electron chi connectivity index (χ1n) is 14.0. The predicted octanol–water partition coefficient (Wildman–Crippen LogP) is 10.5. The number of unbranched alkanes of at least 4 members (excludes halogenated alkanes) is 3. The van der Waals surface area contributed by atoms with Gasteiger partial charge in [0.2, 0.25) is 0 Å². The van der Waals surface area contributed by atoms with Gasteiger partial charge in [0, 0.05) is 12.1 Å². The molecule has 0 heterocycles. The van der Waals surface area contributed by atoms with E-state index in [1.54, 1.807) is 0 Å². The van der Waals surface area contributed by atoms with E-state index >= 15 is 0 Å². The first kappa shape index (κ1) is 29.2. The normalized spacial score (nSPS) is 17.8. The summed E-state index contributed by atoms with van der Waals surface area (Å²) in [5.41, 5.74) is 8.93. The molecule has 0 radical (unpaired) electrons. The van der Waals surface area contributed by atoms with Gasteiger partial charge in [0.05, 0.1) is 5.60 Å². The standard InChI is InChI=1S/C33H49ClOSi/c1-24(2)29-23-30-27(25-17-19-26(20-18-25)32(3,4)5)15-14-16-28(30)31(29)36(9,34)22-13-11-10-12-21-35-33(6,7)8/h14-20,23-24,31H,10-13,21-22H2,1-9H3. The minimum absolute atomic E-state index is 0.0371. The molecule has 0 saturated carbocycles. The average Bonchev–Trinajstić information content (AvgIpc) is 3.18. The minimum atomic E-state index is -2.03. The van der Waals surface area contributed by atoms with Gasteiger partial charge < -0.3 is 4.74 Å². The quantitative estimate of drug-likeness (QED) is 0.170. The van der Waals surface area contributed by atoms with E-state index in [4.69, 9.17) is 15.8 Å². The SMILES string of the molecule is CC(C)C1=Cc2c(-c3ccc(C(C)(C)C)cc3)cccc2C1[Si](C)(Cl)CCCCCCOC(C)(C)C. The maximum absolute atomic E-state index is 7.55. The third kappa shape index (κ3) is 7.36. The van der Waals surface area contributed by atoms with Gasteiger partial charge in [-0.1, -0.05) is 115 Å². The van der Waals surface area contributed by atoms with Crippen LogP contribution in [0.25, 0.3) is 17.2 Å². The summed E-state index contributed by atoms with van der Waals surface area (Å²) in [5.74, 6) is 0.499. The van der Waals surface area contributed by atoms with Crippen LogP contribution < -0.4 is 0 Å². The summed E-state index contributed by atoms with van der Waals surface area (Å²) in [6.07, 6.45) is 7.30. The highest BCUT2D eigenvalue weighted by molar-refractivity contribution is 7.20. The number of ether oxygens (including phenoxy) is 1. The van der Waals surface area contributed by atoms with Crippen molar-refractivity contribution in [3.05, 3.63) is 64.7 Å². The molecule has 0 aromatic heterocycles. The van der Waals surface area contributed by atoms with Gasteiger partial charge in [0.15, 0.2) is 7.38 Å². The highest BCUT2D eigenvalue weighted by Gasteiger charge is 2.42. The summed E-state index contributed by atoms with van der Waals surface area (Å²) in [6.45, 7) is 21.1. The number of allylic oxidation sites excluding steroid dienone is 1. The monoisotopic (exact) mass is 524 g/mol. The molecule has 3 heteroatoms. The maximum atomic E-state index is 7.55. The van der Waals surface area contributed by atoms with Crippen LogP contribution in [0.5, 0.6) is 0 Å². The van der Waals surface area contributed by atoms with Crippen molar-refractivity contribution in [2.45, 2.75) is 110 Å². The Balaban J connectivity index is 1.77. The first-order valence-corrected chi connectivity index (χ1v) is 17.8. The number of fused-ring (bicyclic) bond motifs is 1. The van der Waals surface area contributed by atoms with Crippen LogP contribution in [0, 0.1) is 5.92 Å². The highest BCUT2D eigenvalue weighted by Crippen LogP contribution is 2.50. The van der Waals surface area contributed by atoms with Crippen molar-refractivity contribution in [3.8, 4) is 11.1 Å². The molecule has 2 aromatic carbocycles. The molecule has 2 aromatic rings. The number of rotatable bonds is 10. The molecule has 0 spiro atoms. The molecular weight excluding hydrogens is 476 g/mol. The molecule has 198 valence electrons. The van der Waals surface area contributed by atoms with E-state index in [2.05, 4.69) is 110 Å². The van der Waals surface area contributed by atoms with E-state index in [1.165, 1.54) is 52.7 Å². The second-order valence-corrected chi connectivity index (χ2v) is 19.5. The second-order valence-electron chi connectivity index (χ2n) is 13.3. The summed E-state index contributed by atoms with van der Waals surface area (Å²) in [7, 11) is -2.03. The number of halogens is 1. The maximum Gasteiger partial charge on any atom is 0.164 e. The van der Waals surface area contributed by atoms with Crippen LogP contribution in [0.15, 0.2) is 48.0 Å². The fraction of sp³-hybridized carbons (Fsp3) is 0.576. The average molecular weight is 525 g/mol.